The van der Waals surface area contributed by atoms with Crippen LogP contribution in [-0.4, -0.2) is 89.3 Å². The number of benzene rings is 1. The number of nitrogens with one attached hydrogen (secondary N) is 2. The second kappa shape index (κ2) is 8.87. The Kier molecular flexibility index (Phi) is 6.03. The summed E-state index contributed by atoms with van der Waals surface area (Å²) < 4.78 is 0. The maximum absolute atomic E-state index is 12.8. The molecule has 30 heavy (non-hydrogen) atoms. The van der Waals surface area contributed by atoms with E-state index in [2.05, 4.69) is 15.2 Å². The van der Waals surface area contributed by atoms with Crippen LogP contribution in [0.3, 0.4) is 0 Å². The molecule has 4 rings (SSSR count). The zero-order valence-corrected chi connectivity index (χ0v) is 17.4. The average Bonchev–Trinajstić information content (AvgIpc) is 3.18. The first-order valence-electron chi connectivity index (χ1n) is 10.6. The van der Waals surface area contributed by atoms with Crippen molar-refractivity contribution in [3.05, 3.63) is 36.0 Å². The summed E-state index contributed by atoms with van der Waals surface area (Å²) in [5.41, 5.74) is 1.57. The van der Waals surface area contributed by atoms with Crippen molar-refractivity contribution in [2.75, 3.05) is 45.8 Å². The minimum atomic E-state index is 0.00697. The van der Waals surface area contributed by atoms with Gasteiger partial charge in [0.15, 0.2) is 0 Å². The predicted molar refractivity (Wildman–Crippen MR) is 114 cm³/mol. The van der Waals surface area contributed by atoms with Crippen LogP contribution in [0.4, 0.5) is 0 Å². The summed E-state index contributed by atoms with van der Waals surface area (Å²) in [5.74, 6) is 0.124. The summed E-state index contributed by atoms with van der Waals surface area (Å²) >= 11 is 0. The van der Waals surface area contributed by atoms with Crippen molar-refractivity contribution in [2.24, 2.45) is 0 Å². The molecular weight excluding hydrogens is 382 g/mol. The van der Waals surface area contributed by atoms with Crippen LogP contribution in [0, 0.1) is 0 Å². The van der Waals surface area contributed by atoms with E-state index in [0.717, 1.165) is 23.7 Å². The van der Waals surface area contributed by atoms with E-state index in [9.17, 15) is 14.4 Å². The smallest absolute Gasteiger partial charge is 0.270 e. The standard InChI is InChI=1S/C22H29N5O3/c1-16(28)26-8-6-18(7-9-26)23-21(29)15-25-10-12-27(13-11-25)22(30)20-14-17-4-2-3-5-19(17)24-20/h2-5,14,18,24H,6-13,15H2,1H3,(H,23,29). The third kappa shape index (κ3) is 4.64. The Morgan fingerprint density at radius 3 is 2.37 bits per heavy atom. The maximum atomic E-state index is 12.8. The van der Waals surface area contributed by atoms with E-state index < -0.39 is 0 Å². The SMILES string of the molecule is CC(=O)N1CCC(NC(=O)CN2CCN(C(=O)c3cc4ccccc4[nH]3)CC2)CC1. The average molecular weight is 412 g/mol. The molecule has 2 aliphatic rings. The first-order valence-corrected chi connectivity index (χ1v) is 10.6. The molecule has 2 fully saturated rings. The van der Waals surface area contributed by atoms with Gasteiger partial charge in [0.2, 0.25) is 11.8 Å². The van der Waals surface area contributed by atoms with Crippen LogP contribution in [0.25, 0.3) is 10.9 Å². The molecule has 0 unspecified atom stereocenters. The maximum Gasteiger partial charge on any atom is 0.270 e. The number of piperidine rings is 1. The number of piperazine rings is 1. The summed E-state index contributed by atoms with van der Waals surface area (Å²) in [6, 6.07) is 9.90. The lowest BCUT2D eigenvalue weighted by Crippen LogP contribution is -2.53. The van der Waals surface area contributed by atoms with Crippen molar-refractivity contribution >= 4 is 28.6 Å². The number of H-pyrrole nitrogens is 1. The molecule has 0 spiro atoms. The van der Waals surface area contributed by atoms with Crippen molar-refractivity contribution in [2.45, 2.75) is 25.8 Å². The van der Waals surface area contributed by atoms with Gasteiger partial charge in [-0.15, -0.1) is 0 Å². The third-order valence-corrected chi connectivity index (χ3v) is 6.09. The number of nitrogens with zero attached hydrogens (tertiary/aromatic N) is 3. The van der Waals surface area contributed by atoms with E-state index in [0.29, 0.717) is 51.5 Å². The first kappa shape index (κ1) is 20.4. The Morgan fingerprint density at radius 1 is 1.00 bits per heavy atom. The molecule has 1 aromatic heterocycles. The molecule has 8 heteroatoms. The van der Waals surface area contributed by atoms with Gasteiger partial charge in [0.1, 0.15) is 5.69 Å². The highest BCUT2D eigenvalue weighted by Crippen LogP contribution is 2.17. The van der Waals surface area contributed by atoms with Crippen molar-refractivity contribution < 1.29 is 14.4 Å². The molecule has 1 aromatic carbocycles. The number of fused-ring (bicyclic) bond motifs is 1. The summed E-state index contributed by atoms with van der Waals surface area (Å²) in [4.78, 5) is 45.6. The topological polar surface area (TPSA) is 88.8 Å². The molecule has 0 radical (unpaired) electrons. The highest BCUT2D eigenvalue weighted by molar-refractivity contribution is 5.98. The second-order valence-corrected chi connectivity index (χ2v) is 8.19. The van der Waals surface area contributed by atoms with Crippen molar-refractivity contribution in [3.63, 3.8) is 0 Å². The number of likely N-dealkylation sites (tertiary alicyclic amines) is 1. The van der Waals surface area contributed by atoms with Crippen molar-refractivity contribution in [1.82, 2.24) is 25.0 Å². The molecule has 0 saturated carbocycles. The molecule has 0 aliphatic carbocycles. The Labute approximate surface area is 176 Å². The molecule has 2 saturated heterocycles. The number of amides is 3. The quantitative estimate of drug-likeness (QED) is 0.787. The van der Waals surface area contributed by atoms with Crippen LogP contribution < -0.4 is 5.32 Å². The van der Waals surface area contributed by atoms with Crippen LogP contribution >= 0.6 is 0 Å². The van der Waals surface area contributed by atoms with Crippen LogP contribution in [0.2, 0.25) is 0 Å². The molecule has 2 aliphatic heterocycles. The second-order valence-electron chi connectivity index (χ2n) is 8.19. The van der Waals surface area contributed by atoms with E-state index in [1.165, 1.54) is 0 Å². The zero-order valence-electron chi connectivity index (χ0n) is 17.4. The fraction of sp³-hybridized carbons (Fsp3) is 0.500. The number of rotatable bonds is 4. The summed E-state index contributed by atoms with van der Waals surface area (Å²) in [5, 5.41) is 4.13. The van der Waals surface area contributed by atoms with Gasteiger partial charge in [-0.2, -0.15) is 0 Å². The van der Waals surface area contributed by atoms with Gasteiger partial charge < -0.3 is 20.1 Å². The molecule has 0 atom stereocenters. The number of para-hydroxylation sites is 1. The number of aromatic nitrogens is 1. The van der Waals surface area contributed by atoms with Gasteiger partial charge in [-0.3, -0.25) is 19.3 Å². The molecule has 0 bridgehead atoms. The molecule has 2 N–H and O–H groups in total. The van der Waals surface area contributed by atoms with E-state index in [-0.39, 0.29) is 23.8 Å². The highest BCUT2D eigenvalue weighted by Gasteiger charge is 2.26. The predicted octanol–water partition coefficient (Wildman–Crippen LogP) is 1.05. The molecular formula is C22H29N5O3. The van der Waals surface area contributed by atoms with Gasteiger partial charge in [0.25, 0.3) is 5.91 Å². The van der Waals surface area contributed by atoms with Gasteiger partial charge in [-0.1, -0.05) is 18.2 Å². The molecule has 3 amide bonds. The number of carbonyl (C=O) groups is 3. The van der Waals surface area contributed by atoms with Crippen LogP contribution in [0.5, 0.6) is 0 Å². The molecule has 8 nitrogen and oxygen atoms in total. The van der Waals surface area contributed by atoms with Crippen molar-refractivity contribution in [3.8, 4) is 0 Å². The Hall–Kier alpha value is -2.87. The third-order valence-electron chi connectivity index (χ3n) is 6.09. The lowest BCUT2D eigenvalue weighted by atomic mass is 10.1. The van der Waals surface area contributed by atoms with Gasteiger partial charge in [-0.05, 0) is 25.0 Å². The molecule has 160 valence electrons. The normalized spacial score (nSPS) is 18.6. The number of aromatic amines is 1. The number of hydrogen-bond donors (Lipinski definition) is 2. The fourth-order valence-electron chi connectivity index (χ4n) is 4.28. The summed E-state index contributed by atoms with van der Waals surface area (Å²) in [6.45, 7) is 5.92. The number of hydrogen-bond acceptors (Lipinski definition) is 4. The van der Waals surface area contributed by atoms with Gasteiger partial charge in [-0.25, -0.2) is 0 Å². The minimum absolute atomic E-state index is 0.00697. The van der Waals surface area contributed by atoms with Crippen LogP contribution in [-0.2, 0) is 9.59 Å². The largest absolute Gasteiger partial charge is 0.352 e. The van der Waals surface area contributed by atoms with E-state index in [1.54, 1.807) is 6.92 Å². The van der Waals surface area contributed by atoms with E-state index in [4.69, 9.17) is 0 Å². The lowest BCUT2D eigenvalue weighted by molar-refractivity contribution is -0.130. The Bertz CT molecular complexity index is 891. The summed E-state index contributed by atoms with van der Waals surface area (Å²) in [7, 11) is 0. The van der Waals surface area contributed by atoms with Gasteiger partial charge in [0.05, 0.1) is 6.54 Å². The van der Waals surface area contributed by atoms with Crippen LogP contribution in [0.1, 0.15) is 30.3 Å². The lowest BCUT2D eigenvalue weighted by Gasteiger charge is -2.35. The minimum Gasteiger partial charge on any atom is -0.352 e. The monoisotopic (exact) mass is 411 g/mol. The Morgan fingerprint density at radius 2 is 1.70 bits per heavy atom. The van der Waals surface area contributed by atoms with E-state index in [1.807, 2.05) is 40.1 Å². The molecule has 3 heterocycles. The Balaban J connectivity index is 1.22. The zero-order chi connectivity index (χ0) is 21.1. The van der Waals surface area contributed by atoms with Crippen LogP contribution in [0.15, 0.2) is 30.3 Å². The first-order chi connectivity index (χ1) is 14.5. The fourth-order valence-corrected chi connectivity index (χ4v) is 4.28. The van der Waals surface area contributed by atoms with E-state index >= 15 is 0 Å². The molecule has 2 aromatic rings. The summed E-state index contributed by atoms with van der Waals surface area (Å²) in [6.07, 6.45) is 1.61. The number of carbonyl (C=O) groups excluding carboxylic acids is 3. The highest BCUT2D eigenvalue weighted by atomic mass is 16.2. The van der Waals surface area contributed by atoms with Gasteiger partial charge in [0, 0.05) is 63.1 Å². The van der Waals surface area contributed by atoms with Gasteiger partial charge >= 0.3 is 0 Å². The van der Waals surface area contributed by atoms with Crippen molar-refractivity contribution in [1.29, 1.82) is 0 Å².